The zero-order valence-electron chi connectivity index (χ0n) is 19.9. The largest absolute Gasteiger partial charge is 0.527 e. The van der Waals surface area contributed by atoms with Gasteiger partial charge in [-0.25, -0.2) is 0 Å². The summed E-state index contributed by atoms with van der Waals surface area (Å²) in [5.74, 6) is 0. The van der Waals surface area contributed by atoms with Crippen LogP contribution in [0.2, 0.25) is 11.1 Å². The molecule has 0 atom stereocenters. The highest BCUT2D eigenvalue weighted by Gasteiger charge is 2.60. The van der Waals surface area contributed by atoms with Crippen molar-refractivity contribution in [3.63, 3.8) is 0 Å². The third-order valence-electron chi connectivity index (χ3n) is 5.53. The summed E-state index contributed by atoms with van der Waals surface area (Å²) < 4.78 is 38.0. The molecule has 0 heterocycles. The molecule has 2 rings (SSSR count). The molecule has 0 N–H and O–H groups in total. The molecule has 9 heteroatoms. The second-order valence-corrected chi connectivity index (χ2v) is 18.3. The lowest BCUT2D eigenvalue weighted by molar-refractivity contribution is 0.122. The average molecular weight is 481 g/mol. The molecule has 0 spiro atoms. The Morgan fingerprint density at radius 3 is 1.03 bits per heavy atom. The van der Waals surface area contributed by atoms with E-state index in [0.717, 1.165) is 10.4 Å². The average Bonchev–Trinajstić information content (AvgIpc) is 2.81. The van der Waals surface area contributed by atoms with Gasteiger partial charge in [0.2, 0.25) is 0 Å². The van der Waals surface area contributed by atoms with Gasteiger partial charge in [-0.3, -0.25) is 0 Å². The summed E-state index contributed by atoms with van der Waals surface area (Å²) in [4.78, 5) is 0. The first-order valence-electron chi connectivity index (χ1n) is 10.5. The standard InChI is InChI=1S/C22H36O6Si3/c1-19(2)29(20(3)4,27-30(23-5,24-6)21-15-11-9-12-16-21)28-31(25-7,26-8)22-17-13-10-14-18-22/h9-20H,1-8H3. The van der Waals surface area contributed by atoms with Crippen molar-refractivity contribution in [2.75, 3.05) is 28.4 Å². The summed E-state index contributed by atoms with van der Waals surface area (Å²) >= 11 is 0. The maximum atomic E-state index is 7.00. The Morgan fingerprint density at radius 2 is 0.806 bits per heavy atom. The van der Waals surface area contributed by atoms with Crippen LogP contribution in [0.3, 0.4) is 0 Å². The quantitative estimate of drug-likeness (QED) is 0.433. The van der Waals surface area contributed by atoms with Gasteiger partial charge in [0, 0.05) is 38.8 Å². The van der Waals surface area contributed by atoms with E-state index >= 15 is 0 Å². The minimum Gasteiger partial charge on any atom is -0.389 e. The molecule has 0 fully saturated rings. The highest BCUT2D eigenvalue weighted by Crippen LogP contribution is 2.39. The van der Waals surface area contributed by atoms with Crippen LogP contribution in [0.15, 0.2) is 60.7 Å². The van der Waals surface area contributed by atoms with E-state index < -0.39 is 26.2 Å². The minimum absolute atomic E-state index is 0.0780. The van der Waals surface area contributed by atoms with Crippen LogP contribution in [0, 0.1) is 0 Å². The van der Waals surface area contributed by atoms with Gasteiger partial charge in [0.05, 0.1) is 0 Å². The normalized spacial score (nSPS) is 13.2. The van der Waals surface area contributed by atoms with Gasteiger partial charge in [-0.05, 0) is 11.1 Å². The molecule has 0 unspecified atom stereocenters. The lowest BCUT2D eigenvalue weighted by atomic mass is 10.4. The van der Waals surface area contributed by atoms with Gasteiger partial charge in [0.15, 0.2) is 0 Å². The van der Waals surface area contributed by atoms with Crippen molar-refractivity contribution in [2.24, 2.45) is 0 Å². The first-order valence-corrected chi connectivity index (χ1v) is 15.9. The molecule has 0 aliphatic carbocycles. The van der Waals surface area contributed by atoms with Crippen molar-refractivity contribution in [2.45, 2.75) is 38.8 Å². The van der Waals surface area contributed by atoms with E-state index in [4.69, 9.17) is 25.9 Å². The van der Waals surface area contributed by atoms with Crippen molar-refractivity contribution >= 4 is 36.5 Å². The third-order valence-corrected chi connectivity index (χ3v) is 17.7. The topological polar surface area (TPSA) is 55.4 Å². The Labute approximate surface area is 190 Å². The number of benzene rings is 2. The molecule has 31 heavy (non-hydrogen) atoms. The Bertz CT molecular complexity index is 713. The van der Waals surface area contributed by atoms with Crippen LogP contribution in [0.1, 0.15) is 27.7 Å². The zero-order chi connectivity index (χ0) is 23.1. The molecule has 0 aliphatic heterocycles. The Kier molecular flexibility index (Phi) is 9.37. The van der Waals surface area contributed by atoms with Crippen molar-refractivity contribution in [3.8, 4) is 0 Å². The molecule has 0 saturated heterocycles. The summed E-state index contributed by atoms with van der Waals surface area (Å²) in [6.45, 7) is 8.49. The van der Waals surface area contributed by atoms with Crippen molar-refractivity contribution < 1.29 is 25.9 Å². The van der Waals surface area contributed by atoms with E-state index in [0.29, 0.717) is 0 Å². The van der Waals surface area contributed by atoms with E-state index in [1.165, 1.54) is 0 Å². The van der Waals surface area contributed by atoms with Gasteiger partial charge in [-0.1, -0.05) is 88.4 Å². The Morgan fingerprint density at radius 1 is 0.516 bits per heavy atom. The van der Waals surface area contributed by atoms with Crippen LogP contribution in [-0.2, 0) is 25.9 Å². The van der Waals surface area contributed by atoms with E-state index in [-0.39, 0.29) is 11.1 Å². The molecular formula is C22H36O6Si3. The van der Waals surface area contributed by atoms with Gasteiger partial charge in [-0.15, -0.1) is 0 Å². The van der Waals surface area contributed by atoms with Crippen molar-refractivity contribution in [3.05, 3.63) is 60.7 Å². The predicted octanol–water partition coefficient (Wildman–Crippen LogP) is 3.56. The van der Waals surface area contributed by atoms with Gasteiger partial charge < -0.3 is 25.9 Å². The summed E-state index contributed by atoms with van der Waals surface area (Å²) in [5, 5.41) is 1.78. The molecule has 0 bridgehead atoms. The van der Waals surface area contributed by atoms with Crippen molar-refractivity contribution in [1.29, 1.82) is 0 Å². The fourth-order valence-electron chi connectivity index (χ4n) is 3.79. The van der Waals surface area contributed by atoms with E-state index in [9.17, 15) is 0 Å². The lowest BCUT2D eigenvalue weighted by Crippen LogP contribution is -2.70. The molecule has 0 aromatic heterocycles. The van der Waals surface area contributed by atoms with Gasteiger partial charge in [-0.2, -0.15) is 0 Å². The van der Waals surface area contributed by atoms with Crippen LogP contribution < -0.4 is 10.4 Å². The van der Waals surface area contributed by atoms with E-state index in [1.54, 1.807) is 28.4 Å². The van der Waals surface area contributed by atoms with Gasteiger partial charge in [0.25, 0.3) is 0 Å². The van der Waals surface area contributed by atoms with Gasteiger partial charge in [0.1, 0.15) is 0 Å². The second-order valence-electron chi connectivity index (χ2n) is 7.90. The summed E-state index contributed by atoms with van der Waals surface area (Å²) in [7, 11) is -3.02. The fourth-order valence-corrected chi connectivity index (χ4v) is 17.5. The molecule has 0 radical (unpaired) electrons. The molecule has 0 saturated carbocycles. The van der Waals surface area contributed by atoms with Crippen LogP contribution in [0.4, 0.5) is 0 Å². The molecule has 172 valence electrons. The number of hydrogen-bond acceptors (Lipinski definition) is 6. The minimum atomic E-state index is -3.26. The molecule has 2 aromatic rings. The summed E-state index contributed by atoms with van der Waals surface area (Å²) in [5.41, 5.74) is 0.156. The monoisotopic (exact) mass is 480 g/mol. The van der Waals surface area contributed by atoms with Crippen LogP contribution in [-0.4, -0.2) is 54.6 Å². The molecule has 0 amide bonds. The van der Waals surface area contributed by atoms with Gasteiger partial charge >= 0.3 is 26.2 Å². The fraction of sp³-hybridized carbons (Fsp3) is 0.455. The SMILES string of the molecule is CO[Si](OC)(O[Si](O[Si](OC)(OC)c1ccccc1)(C(C)C)C(C)C)c1ccccc1. The van der Waals surface area contributed by atoms with Crippen molar-refractivity contribution in [1.82, 2.24) is 0 Å². The second kappa shape index (κ2) is 11.1. The molecule has 0 aliphatic rings. The lowest BCUT2D eigenvalue weighted by Gasteiger charge is -2.46. The maximum absolute atomic E-state index is 7.00. The Balaban J connectivity index is 2.63. The first kappa shape index (κ1) is 26.1. The predicted molar refractivity (Wildman–Crippen MR) is 130 cm³/mol. The van der Waals surface area contributed by atoms with Crippen LogP contribution >= 0.6 is 0 Å². The molecule has 6 nitrogen and oxygen atoms in total. The zero-order valence-corrected chi connectivity index (χ0v) is 22.9. The number of hydrogen-bond donors (Lipinski definition) is 0. The van der Waals surface area contributed by atoms with E-state index in [2.05, 4.69) is 27.7 Å². The smallest absolute Gasteiger partial charge is 0.389 e. The van der Waals surface area contributed by atoms with Crippen LogP contribution in [0.25, 0.3) is 0 Å². The summed E-state index contributed by atoms with van der Waals surface area (Å²) in [6, 6.07) is 19.7. The molecule has 2 aromatic carbocycles. The molecular weight excluding hydrogens is 444 g/mol. The highest BCUT2D eigenvalue weighted by molar-refractivity contribution is 6.91. The Hall–Kier alpha value is -1.15. The van der Waals surface area contributed by atoms with Crippen LogP contribution in [0.5, 0.6) is 0 Å². The highest BCUT2D eigenvalue weighted by atomic mass is 28.5. The third kappa shape index (κ3) is 5.27. The first-order chi connectivity index (χ1) is 14.8. The maximum Gasteiger partial charge on any atom is 0.527 e. The summed E-state index contributed by atoms with van der Waals surface area (Å²) in [6.07, 6.45) is 0. The van der Waals surface area contributed by atoms with E-state index in [1.807, 2.05) is 60.7 Å². The number of rotatable bonds is 12.